The van der Waals surface area contributed by atoms with Crippen molar-refractivity contribution < 1.29 is 0 Å². The van der Waals surface area contributed by atoms with Crippen LogP contribution >= 0.6 is 0 Å². The minimum absolute atomic E-state index is 0.255. The molecule has 0 bridgehead atoms. The highest BCUT2D eigenvalue weighted by atomic mass is 15.0. The number of nitrogens with two attached hydrogens (primary N) is 1. The van der Waals surface area contributed by atoms with Crippen LogP contribution in [0.3, 0.4) is 0 Å². The Hall–Kier alpha value is -0.830. The molecule has 0 aliphatic rings. The molecule has 1 atom stereocenters. The molecule has 0 aromatic carbocycles. The van der Waals surface area contributed by atoms with E-state index in [0.717, 1.165) is 31.5 Å². The van der Waals surface area contributed by atoms with Crippen molar-refractivity contribution in [3.63, 3.8) is 0 Å². The molecule has 0 radical (unpaired) electrons. The first-order valence-electron chi connectivity index (χ1n) is 5.02. The molecule has 0 spiro atoms. The molecule has 0 aliphatic heterocycles. The highest BCUT2D eigenvalue weighted by Crippen LogP contribution is 2.02. The Labute approximate surface area is 80.0 Å². The van der Waals surface area contributed by atoms with Crippen LogP contribution in [0.15, 0.2) is 12.5 Å². The minimum Gasteiger partial charge on any atom is -0.337 e. The third-order valence-corrected chi connectivity index (χ3v) is 2.16. The highest BCUT2D eigenvalue weighted by molar-refractivity contribution is 4.99. The molecule has 0 amide bonds. The zero-order chi connectivity index (χ0) is 9.68. The summed E-state index contributed by atoms with van der Waals surface area (Å²) in [4.78, 5) is 4.31. The summed E-state index contributed by atoms with van der Waals surface area (Å²) >= 11 is 0. The van der Waals surface area contributed by atoms with E-state index in [4.69, 9.17) is 5.73 Å². The number of hydrogen-bond donors (Lipinski definition) is 1. The zero-order valence-electron chi connectivity index (χ0n) is 8.53. The van der Waals surface area contributed by atoms with Crippen molar-refractivity contribution in [1.82, 2.24) is 9.55 Å². The van der Waals surface area contributed by atoms with E-state index in [9.17, 15) is 0 Å². The third kappa shape index (κ3) is 3.19. The quantitative estimate of drug-likeness (QED) is 0.749. The van der Waals surface area contributed by atoms with Gasteiger partial charge in [-0.05, 0) is 12.8 Å². The number of nitrogens with zero attached hydrogens (tertiary/aromatic N) is 2. The maximum absolute atomic E-state index is 5.84. The predicted molar refractivity (Wildman–Crippen MR) is 54.5 cm³/mol. The summed E-state index contributed by atoms with van der Waals surface area (Å²) < 4.78 is 2.12. The molecule has 2 N–H and O–H groups in total. The summed E-state index contributed by atoms with van der Waals surface area (Å²) in [6.07, 6.45) is 7.05. The van der Waals surface area contributed by atoms with Gasteiger partial charge in [-0.25, -0.2) is 4.98 Å². The van der Waals surface area contributed by atoms with Gasteiger partial charge in [-0.2, -0.15) is 0 Å². The van der Waals surface area contributed by atoms with Crippen molar-refractivity contribution in [1.29, 1.82) is 0 Å². The van der Waals surface area contributed by atoms with Crippen molar-refractivity contribution in [3.05, 3.63) is 18.2 Å². The zero-order valence-corrected chi connectivity index (χ0v) is 8.53. The van der Waals surface area contributed by atoms with Gasteiger partial charge in [-0.1, -0.05) is 13.8 Å². The summed E-state index contributed by atoms with van der Waals surface area (Å²) in [5.41, 5.74) is 6.95. The van der Waals surface area contributed by atoms with Gasteiger partial charge in [0.15, 0.2) is 0 Å². The fraction of sp³-hybridized carbons (Fsp3) is 0.700. The van der Waals surface area contributed by atoms with Crippen LogP contribution in [0.2, 0.25) is 0 Å². The predicted octanol–water partition coefficient (Wildman–Crippen LogP) is 1.57. The van der Waals surface area contributed by atoms with Crippen molar-refractivity contribution in [2.75, 3.05) is 0 Å². The van der Waals surface area contributed by atoms with Crippen LogP contribution < -0.4 is 5.73 Å². The molecule has 74 valence electrons. The van der Waals surface area contributed by atoms with E-state index in [1.54, 1.807) is 0 Å². The lowest BCUT2D eigenvalue weighted by Crippen LogP contribution is -2.21. The Kier molecular flexibility index (Phi) is 3.96. The van der Waals surface area contributed by atoms with Gasteiger partial charge in [0.25, 0.3) is 0 Å². The molecule has 3 nitrogen and oxygen atoms in total. The molecule has 1 heterocycles. The van der Waals surface area contributed by atoms with E-state index in [0.29, 0.717) is 0 Å². The largest absolute Gasteiger partial charge is 0.337 e. The molecular formula is C10H19N3. The summed E-state index contributed by atoms with van der Waals surface area (Å²) in [7, 11) is 0. The Bertz CT molecular complexity index is 242. The lowest BCUT2D eigenvalue weighted by Gasteiger charge is -2.04. The molecule has 3 heteroatoms. The lowest BCUT2D eigenvalue weighted by molar-refractivity contribution is 0.636. The maximum Gasteiger partial charge on any atom is 0.0949 e. The summed E-state index contributed by atoms with van der Waals surface area (Å²) in [5, 5.41) is 0. The Morgan fingerprint density at radius 1 is 1.54 bits per heavy atom. The van der Waals surface area contributed by atoms with E-state index in [1.807, 2.05) is 6.33 Å². The van der Waals surface area contributed by atoms with Crippen molar-refractivity contribution in [3.8, 4) is 0 Å². The first-order chi connectivity index (χ1) is 6.26. The van der Waals surface area contributed by atoms with Crippen molar-refractivity contribution in [2.24, 2.45) is 5.73 Å². The fourth-order valence-corrected chi connectivity index (χ4v) is 1.31. The van der Waals surface area contributed by atoms with Gasteiger partial charge < -0.3 is 10.3 Å². The van der Waals surface area contributed by atoms with Gasteiger partial charge in [0.1, 0.15) is 0 Å². The number of aromatic nitrogens is 2. The van der Waals surface area contributed by atoms with E-state index in [2.05, 4.69) is 29.6 Å². The van der Waals surface area contributed by atoms with Gasteiger partial charge in [-0.3, -0.25) is 0 Å². The molecule has 0 fully saturated rings. The van der Waals surface area contributed by atoms with Crippen LogP contribution in [0.4, 0.5) is 0 Å². The summed E-state index contributed by atoms with van der Waals surface area (Å²) in [6, 6.07) is 0.255. The monoisotopic (exact) mass is 181 g/mol. The number of hydrogen-bond acceptors (Lipinski definition) is 2. The first-order valence-corrected chi connectivity index (χ1v) is 5.02. The van der Waals surface area contributed by atoms with Crippen molar-refractivity contribution in [2.45, 2.75) is 45.7 Å². The number of aryl methyl sites for hydroxylation is 1. The second kappa shape index (κ2) is 5.02. The molecule has 0 saturated carbocycles. The van der Waals surface area contributed by atoms with Crippen molar-refractivity contribution >= 4 is 0 Å². The molecule has 0 aliphatic carbocycles. The molecule has 1 aromatic rings. The summed E-state index contributed by atoms with van der Waals surface area (Å²) in [6.45, 7) is 5.32. The SMILES string of the molecule is CCCn1cnc(CC(N)CC)c1. The Balaban J connectivity index is 2.48. The minimum atomic E-state index is 0.255. The first kappa shape index (κ1) is 10.3. The molecule has 1 aromatic heterocycles. The average molecular weight is 181 g/mol. The van der Waals surface area contributed by atoms with Gasteiger partial charge in [0.2, 0.25) is 0 Å². The summed E-state index contributed by atoms with van der Waals surface area (Å²) in [5.74, 6) is 0. The Morgan fingerprint density at radius 2 is 2.31 bits per heavy atom. The number of rotatable bonds is 5. The topological polar surface area (TPSA) is 43.8 Å². The van der Waals surface area contributed by atoms with Gasteiger partial charge in [-0.15, -0.1) is 0 Å². The maximum atomic E-state index is 5.84. The van der Waals surface area contributed by atoms with Crippen LogP contribution in [-0.4, -0.2) is 15.6 Å². The third-order valence-electron chi connectivity index (χ3n) is 2.16. The number of imidazole rings is 1. The normalized spacial score (nSPS) is 13.2. The second-order valence-electron chi connectivity index (χ2n) is 3.48. The Morgan fingerprint density at radius 3 is 2.92 bits per heavy atom. The fourth-order valence-electron chi connectivity index (χ4n) is 1.31. The smallest absolute Gasteiger partial charge is 0.0949 e. The van der Waals surface area contributed by atoms with E-state index in [-0.39, 0.29) is 6.04 Å². The van der Waals surface area contributed by atoms with Gasteiger partial charge in [0, 0.05) is 25.2 Å². The second-order valence-corrected chi connectivity index (χ2v) is 3.48. The molecule has 13 heavy (non-hydrogen) atoms. The van der Waals surface area contributed by atoms with Crippen LogP contribution in [-0.2, 0) is 13.0 Å². The van der Waals surface area contributed by atoms with Crippen LogP contribution in [0, 0.1) is 0 Å². The van der Waals surface area contributed by atoms with E-state index >= 15 is 0 Å². The van der Waals surface area contributed by atoms with E-state index in [1.165, 1.54) is 0 Å². The van der Waals surface area contributed by atoms with Gasteiger partial charge >= 0.3 is 0 Å². The average Bonchev–Trinajstić information content (AvgIpc) is 2.53. The van der Waals surface area contributed by atoms with E-state index < -0.39 is 0 Å². The lowest BCUT2D eigenvalue weighted by atomic mass is 10.1. The molecule has 1 unspecified atom stereocenters. The molecular weight excluding hydrogens is 162 g/mol. The standard InChI is InChI=1S/C10H19N3/c1-3-5-13-7-10(12-8-13)6-9(11)4-2/h7-9H,3-6,11H2,1-2H3. The van der Waals surface area contributed by atoms with Crippen LogP contribution in [0.25, 0.3) is 0 Å². The molecule has 0 saturated heterocycles. The highest BCUT2D eigenvalue weighted by Gasteiger charge is 2.03. The van der Waals surface area contributed by atoms with Crippen LogP contribution in [0.5, 0.6) is 0 Å². The van der Waals surface area contributed by atoms with Crippen LogP contribution in [0.1, 0.15) is 32.4 Å². The molecule has 1 rings (SSSR count). The van der Waals surface area contributed by atoms with Gasteiger partial charge in [0.05, 0.1) is 12.0 Å².